The van der Waals surface area contributed by atoms with Crippen LogP contribution in [-0.4, -0.2) is 15.3 Å². The van der Waals surface area contributed by atoms with Crippen LogP contribution < -0.4 is 5.32 Å². The summed E-state index contributed by atoms with van der Waals surface area (Å²) in [6.07, 6.45) is 5.61. The largest absolute Gasteiger partial charge is 0.351 e. The maximum Gasteiger partial charge on any atom is 0.231 e. The van der Waals surface area contributed by atoms with Gasteiger partial charge in [0.2, 0.25) is 5.91 Å². The summed E-state index contributed by atoms with van der Waals surface area (Å²) < 4.78 is 1.95. The average Bonchev–Trinajstić information content (AvgIpc) is 3.14. The van der Waals surface area contributed by atoms with Crippen LogP contribution in [-0.2, 0) is 16.8 Å². The number of thiophene rings is 1. The van der Waals surface area contributed by atoms with E-state index in [1.54, 1.807) is 17.5 Å². The summed E-state index contributed by atoms with van der Waals surface area (Å²) in [6.45, 7) is 4.41. The lowest BCUT2D eigenvalue weighted by molar-refractivity contribution is -0.125. The van der Waals surface area contributed by atoms with Gasteiger partial charge in [0.1, 0.15) is 5.65 Å². The topological polar surface area (TPSA) is 46.4 Å². The molecule has 4 nitrogen and oxygen atoms in total. The SMILES string of the molecule is CC(C)(C(=O)NCc1ccn2ccnc2c1)c1cccs1. The molecular weight excluding hydrogens is 282 g/mol. The number of carbonyl (C=O) groups is 1. The molecule has 0 aliphatic heterocycles. The van der Waals surface area contributed by atoms with Crippen LogP contribution in [0.5, 0.6) is 0 Å². The summed E-state index contributed by atoms with van der Waals surface area (Å²) in [7, 11) is 0. The molecule has 3 heterocycles. The Morgan fingerprint density at radius 2 is 2.24 bits per heavy atom. The van der Waals surface area contributed by atoms with E-state index in [9.17, 15) is 4.79 Å². The quantitative estimate of drug-likeness (QED) is 0.805. The fourth-order valence-corrected chi connectivity index (χ4v) is 3.06. The van der Waals surface area contributed by atoms with E-state index < -0.39 is 5.41 Å². The van der Waals surface area contributed by atoms with Gasteiger partial charge in [-0.05, 0) is 43.0 Å². The van der Waals surface area contributed by atoms with Crippen LogP contribution >= 0.6 is 11.3 Å². The minimum Gasteiger partial charge on any atom is -0.351 e. The van der Waals surface area contributed by atoms with Crippen molar-refractivity contribution in [1.29, 1.82) is 0 Å². The van der Waals surface area contributed by atoms with Crippen molar-refractivity contribution in [3.63, 3.8) is 0 Å². The normalized spacial score (nSPS) is 11.7. The first-order valence-electron chi connectivity index (χ1n) is 6.81. The molecule has 0 radical (unpaired) electrons. The molecule has 0 aromatic carbocycles. The monoisotopic (exact) mass is 299 g/mol. The van der Waals surface area contributed by atoms with E-state index in [-0.39, 0.29) is 5.91 Å². The van der Waals surface area contributed by atoms with E-state index in [4.69, 9.17) is 0 Å². The summed E-state index contributed by atoms with van der Waals surface area (Å²) in [5.74, 6) is 0.0353. The molecule has 0 saturated heterocycles. The van der Waals surface area contributed by atoms with Crippen LogP contribution in [0.25, 0.3) is 5.65 Å². The van der Waals surface area contributed by atoms with Crippen molar-refractivity contribution < 1.29 is 4.79 Å². The average molecular weight is 299 g/mol. The Balaban J connectivity index is 1.70. The van der Waals surface area contributed by atoms with Gasteiger partial charge < -0.3 is 9.72 Å². The summed E-state index contributed by atoms with van der Waals surface area (Å²) in [5, 5.41) is 5.01. The maximum absolute atomic E-state index is 12.4. The molecule has 0 bridgehead atoms. The third-order valence-electron chi connectivity index (χ3n) is 3.62. The zero-order chi connectivity index (χ0) is 14.9. The molecular formula is C16H17N3OS. The Labute approximate surface area is 127 Å². The third kappa shape index (κ3) is 2.69. The highest BCUT2D eigenvalue weighted by molar-refractivity contribution is 7.10. The highest BCUT2D eigenvalue weighted by Crippen LogP contribution is 2.27. The molecule has 0 spiro atoms. The Morgan fingerprint density at radius 1 is 1.38 bits per heavy atom. The zero-order valence-corrected chi connectivity index (χ0v) is 12.9. The molecule has 21 heavy (non-hydrogen) atoms. The van der Waals surface area contributed by atoms with Crippen molar-refractivity contribution in [2.45, 2.75) is 25.8 Å². The number of aromatic nitrogens is 2. The van der Waals surface area contributed by atoms with Crippen LogP contribution in [0, 0.1) is 0 Å². The molecule has 0 aliphatic rings. The summed E-state index contributed by atoms with van der Waals surface area (Å²) in [4.78, 5) is 17.7. The van der Waals surface area contributed by atoms with Crippen LogP contribution in [0.3, 0.4) is 0 Å². The molecule has 1 amide bonds. The molecule has 0 atom stereocenters. The van der Waals surface area contributed by atoms with Gasteiger partial charge in [-0.2, -0.15) is 0 Å². The van der Waals surface area contributed by atoms with Gasteiger partial charge in [-0.3, -0.25) is 4.79 Å². The second-order valence-electron chi connectivity index (χ2n) is 5.51. The van der Waals surface area contributed by atoms with Crippen LogP contribution in [0.1, 0.15) is 24.3 Å². The molecule has 108 valence electrons. The van der Waals surface area contributed by atoms with Gasteiger partial charge in [0.05, 0.1) is 5.41 Å². The lowest BCUT2D eigenvalue weighted by atomic mass is 9.90. The fourth-order valence-electron chi connectivity index (χ4n) is 2.21. The summed E-state index contributed by atoms with van der Waals surface area (Å²) >= 11 is 1.61. The fraction of sp³-hybridized carbons (Fsp3) is 0.250. The summed E-state index contributed by atoms with van der Waals surface area (Å²) in [6, 6.07) is 7.95. The molecule has 1 N–H and O–H groups in total. The number of hydrogen-bond acceptors (Lipinski definition) is 3. The number of nitrogens with one attached hydrogen (secondary N) is 1. The van der Waals surface area contributed by atoms with E-state index in [0.717, 1.165) is 16.1 Å². The molecule has 0 aliphatic carbocycles. The number of nitrogens with zero attached hydrogens (tertiary/aromatic N) is 2. The highest BCUT2D eigenvalue weighted by atomic mass is 32.1. The molecule has 0 fully saturated rings. The van der Waals surface area contributed by atoms with Crippen molar-refractivity contribution >= 4 is 22.9 Å². The van der Waals surface area contributed by atoms with E-state index in [2.05, 4.69) is 10.3 Å². The standard InChI is InChI=1S/C16H17N3OS/c1-16(2,13-4-3-9-21-13)15(20)18-11-12-5-7-19-8-6-17-14(19)10-12/h3-10H,11H2,1-2H3,(H,18,20). The summed E-state index contributed by atoms with van der Waals surface area (Å²) in [5.41, 5.74) is 1.43. The Morgan fingerprint density at radius 3 is 3.00 bits per heavy atom. The molecule has 3 aromatic heterocycles. The predicted octanol–water partition coefficient (Wildman–Crippen LogP) is 2.99. The first-order chi connectivity index (χ1) is 10.1. The number of hydrogen-bond donors (Lipinski definition) is 1. The van der Waals surface area contributed by atoms with Gasteiger partial charge in [-0.1, -0.05) is 6.07 Å². The van der Waals surface area contributed by atoms with E-state index in [1.165, 1.54) is 0 Å². The highest BCUT2D eigenvalue weighted by Gasteiger charge is 2.30. The van der Waals surface area contributed by atoms with Crippen molar-refractivity contribution in [2.24, 2.45) is 0 Å². The van der Waals surface area contributed by atoms with Gasteiger partial charge in [0.15, 0.2) is 0 Å². The van der Waals surface area contributed by atoms with Crippen molar-refractivity contribution in [3.8, 4) is 0 Å². The minimum absolute atomic E-state index is 0.0353. The third-order valence-corrected chi connectivity index (χ3v) is 4.81. The van der Waals surface area contributed by atoms with E-state index in [0.29, 0.717) is 6.54 Å². The minimum atomic E-state index is -0.508. The van der Waals surface area contributed by atoms with Gasteiger partial charge in [0, 0.05) is 30.0 Å². The number of rotatable bonds is 4. The van der Waals surface area contributed by atoms with Gasteiger partial charge in [-0.15, -0.1) is 11.3 Å². The Bertz CT molecular complexity index is 759. The van der Waals surface area contributed by atoms with Crippen LogP contribution in [0.2, 0.25) is 0 Å². The zero-order valence-electron chi connectivity index (χ0n) is 12.0. The predicted molar refractivity (Wildman–Crippen MR) is 84.4 cm³/mol. The smallest absolute Gasteiger partial charge is 0.231 e. The van der Waals surface area contributed by atoms with E-state index in [1.807, 2.05) is 60.3 Å². The van der Waals surface area contributed by atoms with Gasteiger partial charge in [-0.25, -0.2) is 4.98 Å². The van der Waals surface area contributed by atoms with Crippen LogP contribution in [0.15, 0.2) is 48.2 Å². The second-order valence-corrected chi connectivity index (χ2v) is 6.46. The van der Waals surface area contributed by atoms with Crippen LogP contribution in [0.4, 0.5) is 0 Å². The van der Waals surface area contributed by atoms with Crippen molar-refractivity contribution in [2.75, 3.05) is 0 Å². The first kappa shape index (κ1) is 13.8. The van der Waals surface area contributed by atoms with Crippen molar-refractivity contribution in [3.05, 3.63) is 58.7 Å². The number of fused-ring (bicyclic) bond motifs is 1. The first-order valence-corrected chi connectivity index (χ1v) is 7.69. The Hall–Kier alpha value is -2.14. The molecule has 3 aromatic rings. The van der Waals surface area contributed by atoms with Gasteiger partial charge in [0.25, 0.3) is 0 Å². The van der Waals surface area contributed by atoms with E-state index >= 15 is 0 Å². The molecule has 0 unspecified atom stereocenters. The second kappa shape index (κ2) is 5.33. The lowest BCUT2D eigenvalue weighted by Gasteiger charge is -2.22. The van der Waals surface area contributed by atoms with Gasteiger partial charge >= 0.3 is 0 Å². The number of amides is 1. The molecule has 3 rings (SSSR count). The molecule has 0 saturated carbocycles. The maximum atomic E-state index is 12.4. The molecule has 5 heteroatoms. The number of pyridine rings is 1. The lowest BCUT2D eigenvalue weighted by Crippen LogP contribution is -2.39. The number of carbonyl (C=O) groups excluding carboxylic acids is 1. The number of imidazole rings is 1. The Kier molecular flexibility index (Phi) is 3.51. The van der Waals surface area contributed by atoms with Crippen molar-refractivity contribution in [1.82, 2.24) is 14.7 Å².